The molecular formula is C13H27N3O. The molecule has 0 aliphatic heterocycles. The second-order valence-electron chi connectivity index (χ2n) is 3.94. The van der Waals surface area contributed by atoms with Gasteiger partial charge in [0.2, 0.25) is 0 Å². The maximum Gasteiger partial charge on any atom is 0.0556 e. The SMILES string of the molecule is C=CCNCCC(CCNCC=C)NCCO. The molecule has 0 saturated heterocycles. The summed E-state index contributed by atoms with van der Waals surface area (Å²) >= 11 is 0. The number of aliphatic hydroxyl groups excluding tert-OH is 1. The van der Waals surface area contributed by atoms with E-state index in [4.69, 9.17) is 5.11 Å². The summed E-state index contributed by atoms with van der Waals surface area (Å²) in [6, 6.07) is 0.441. The summed E-state index contributed by atoms with van der Waals surface area (Å²) in [6.07, 6.45) is 5.84. The maximum atomic E-state index is 8.81. The molecule has 0 fully saturated rings. The van der Waals surface area contributed by atoms with Gasteiger partial charge in [0.15, 0.2) is 0 Å². The van der Waals surface area contributed by atoms with Gasteiger partial charge in [-0.3, -0.25) is 0 Å². The van der Waals surface area contributed by atoms with Crippen LogP contribution in [0.15, 0.2) is 25.3 Å². The van der Waals surface area contributed by atoms with Crippen LogP contribution in [0.25, 0.3) is 0 Å². The molecule has 17 heavy (non-hydrogen) atoms. The average molecular weight is 241 g/mol. The molecule has 0 amide bonds. The second-order valence-corrected chi connectivity index (χ2v) is 3.94. The summed E-state index contributed by atoms with van der Waals surface area (Å²) in [6.45, 7) is 11.8. The molecule has 4 nitrogen and oxygen atoms in total. The molecule has 0 aliphatic carbocycles. The first-order valence-electron chi connectivity index (χ1n) is 6.32. The molecule has 0 saturated carbocycles. The number of hydrogen-bond donors (Lipinski definition) is 4. The highest BCUT2D eigenvalue weighted by Crippen LogP contribution is 1.96. The van der Waals surface area contributed by atoms with Crippen LogP contribution in [0.4, 0.5) is 0 Å². The van der Waals surface area contributed by atoms with E-state index in [1.807, 2.05) is 12.2 Å². The molecule has 100 valence electrons. The zero-order valence-corrected chi connectivity index (χ0v) is 10.8. The Morgan fingerprint density at radius 2 is 1.47 bits per heavy atom. The topological polar surface area (TPSA) is 56.3 Å². The third-order valence-corrected chi connectivity index (χ3v) is 2.46. The van der Waals surface area contributed by atoms with E-state index >= 15 is 0 Å². The zero-order chi connectivity index (χ0) is 12.8. The van der Waals surface area contributed by atoms with Crippen LogP contribution < -0.4 is 16.0 Å². The van der Waals surface area contributed by atoms with Gasteiger partial charge in [0.05, 0.1) is 6.61 Å². The predicted molar refractivity (Wildman–Crippen MR) is 74.2 cm³/mol. The van der Waals surface area contributed by atoms with Crippen molar-refractivity contribution in [2.45, 2.75) is 18.9 Å². The monoisotopic (exact) mass is 241 g/mol. The van der Waals surface area contributed by atoms with Gasteiger partial charge in [-0.1, -0.05) is 12.2 Å². The van der Waals surface area contributed by atoms with Crippen molar-refractivity contribution >= 4 is 0 Å². The van der Waals surface area contributed by atoms with Crippen LogP contribution >= 0.6 is 0 Å². The summed E-state index contributed by atoms with van der Waals surface area (Å²) in [5, 5.41) is 18.7. The molecule has 0 radical (unpaired) electrons. The minimum Gasteiger partial charge on any atom is -0.395 e. The lowest BCUT2D eigenvalue weighted by atomic mass is 10.1. The lowest BCUT2D eigenvalue weighted by Crippen LogP contribution is -2.36. The predicted octanol–water partition coefficient (Wildman–Crippen LogP) is 0.268. The van der Waals surface area contributed by atoms with Crippen molar-refractivity contribution in [2.24, 2.45) is 0 Å². The molecule has 0 spiro atoms. The Morgan fingerprint density at radius 3 is 1.88 bits per heavy atom. The summed E-state index contributed by atoms with van der Waals surface area (Å²) in [7, 11) is 0. The first-order valence-corrected chi connectivity index (χ1v) is 6.32. The van der Waals surface area contributed by atoms with Gasteiger partial charge < -0.3 is 21.1 Å². The van der Waals surface area contributed by atoms with E-state index in [0.29, 0.717) is 12.6 Å². The van der Waals surface area contributed by atoms with E-state index < -0.39 is 0 Å². The first-order chi connectivity index (χ1) is 8.35. The van der Waals surface area contributed by atoms with Gasteiger partial charge >= 0.3 is 0 Å². The van der Waals surface area contributed by atoms with Crippen LogP contribution in [0, 0.1) is 0 Å². The van der Waals surface area contributed by atoms with Crippen LogP contribution in [0.3, 0.4) is 0 Å². The Hall–Kier alpha value is -0.680. The van der Waals surface area contributed by atoms with Crippen LogP contribution in [-0.2, 0) is 0 Å². The van der Waals surface area contributed by atoms with Gasteiger partial charge in [-0.25, -0.2) is 0 Å². The Bertz CT molecular complexity index is 170. The van der Waals surface area contributed by atoms with Crippen molar-refractivity contribution in [2.75, 3.05) is 39.3 Å². The third-order valence-electron chi connectivity index (χ3n) is 2.46. The fourth-order valence-corrected chi connectivity index (χ4v) is 1.58. The van der Waals surface area contributed by atoms with Crippen molar-refractivity contribution in [1.82, 2.24) is 16.0 Å². The minimum atomic E-state index is 0.191. The molecule has 4 N–H and O–H groups in total. The molecule has 0 aromatic carbocycles. The average Bonchev–Trinajstić information content (AvgIpc) is 2.35. The van der Waals surface area contributed by atoms with Crippen LogP contribution in [0.5, 0.6) is 0 Å². The summed E-state index contributed by atoms with van der Waals surface area (Å²) in [5.41, 5.74) is 0. The number of rotatable bonds is 13. The summed E-state index contributed by atoms with van der Waals surface area (Å²) in [4.78, 5) is 0. The summed E-state index contributed by atoms with van der Waals surface area (Å²) < 4.78 is 0. The molecule has 0 aliphatic rings. The minimum absolute atomic E-state index is 0.191. The van der Waals surface area contributed by atoms with Gasteiger partial charge in [0, 0.05) is 25.7 Å². The molecule has 0 rings (SSSR count). The largest absolute Gasteiger partial charge is 0.395 e. The molecular weight excluding hydrogens is 214 g/mol. The number of nitrogens with one attached hydrogen (secondary N) is 3. The molecule has 0 atom stereocenters. The van der Waals surface area contributed by atoms with Crippen molar-refractivity contribution in [3.63, 3.8) is 0 Å². The summed E-state index contributed by atoms with van der Waals surface area (Å²) in [5.74, 6) is 0. The van der Waals surface area contributed by atoms with E-state index in [9.17, 15) is 0 Å². The standard InChI is InChI=1S/C13H27N3O/c1-3-7-14-9-5-13(16-11-12-17)6-10-15-8-4-2/h3-4,13-17H,1-2,5-12H2. The van der Waals surface area contributed by atoms with Crippen molar-refractivity contribution in [3.05, 3.63) is 25.3 Å². The van der Waals surface area contributed by atoms with Crippen molar-refractivity contribution < 1.29 is 5.11 Å². The van der Waals surface area contributed by atoms with Crippen LogP contribution in [-0.4, -0.2) is 50.5 Å². The van der Waals surface area contributed by atoms with E-state index in [1.54, 1.807) is 0 Å². The fourth-order valence-electron chi connectivity index (χ4n) is 1.58. The molecule has 0 heterocycles. The Balaban J connectivity index is 3.62. The van der Waals surface area contributed by atoms with Gasteiger partial charge in [-0.05, 0) is 25.9 Å². The van der Waals surface area contributed by atoms with Crippen molar-refractivity contribution in [1.29, 1.82) is 0 Å². The van der Waals surface area contributed by atoms with Crippen molar-refractivity contribution in [3.8, 4) is 0 Å². The molecule has 4 heteroatoms. The maximum absolute atomic E-state index is 8.81. The molecule has 0 aromatic heterocycles. The smallest absolute Gasteiger partial charge is 0.0556 e. The first kappa shape index (κ1) is 16.3. The highest BCUT2D eigenvalue weighted by Gasteiger charge is 2.06. The van der Waals surface area contributed by atoms with Gasteiger partial charge in [-0.2, -0.15) is 0 Å². The molecule has 0 bridgehead atoms. The normalized spacial score (nSPS) is 10.7. The van der Waals surface area contributed by atoms with Crippen LogP contribution in [0.2, 0.25) is 0 Å². The highest BCUT2D eigenvalue weighted by atomic mass is 16.3. The van der Waals surface area contributed by atoms with Gasteiger partial charge in [0.25, 0.3) is 0 Å². The number of hydrogen-bond acceptors (Lipinski definition) is 4. The fraction of sp³-hybridized carbons (Fsp3) is 0.692. The lowest BCUT2D eigenvalue weighted by molar-refractivity contribution is 0.279. The van der Waals surface area contributed by atoms with E-state index in [1.165, 1.54) is 0 Å². The molecule has 0 aromatic rings. The Kier molecular flexibility index (Phi) is 12.8. The van der Waals surface area contributed by atoms with Crippen LogP contribution in [0.1, 0.15) is 12.8 Å². The Morgan fingerprint density at radius 1 is 0.941 bits per heavy atom. The highest BCUT2D eigenvalue weighted by molar-refractivity contribution is 4.75. The zero-order valence-electron chi connectivity index (χ0n) is 10.8. The quantitative estimate of drug-likeness (QED) is 0.276. The van der Waals surface area contributed by atoms with Gasteiger partial charge in [0.1, 0.15) is 0 Å². The Labute approximate surface area is 105 Å². The third kappa shape index (κ3) is 11.6. The van der Waals surface area contributed by atoms with Gasteiger partial charge in [-0.15, -0.1) is 13.2 Å². The lowest BCUT2D eigenvalue weighted by Gasteiger charge is -2.18. The second kappa shape index (κ2) is 13.4. The molecule has 0 unspecified atom stereocenters. The van der Waals surface area contributed by atoms with E-state index in [-0.39, 0.29) is 6.61 Å². The van der Waals surface area contributed by atoms with E-state index in [0.717, 1.165) is 39.0 Å². The number of aliphatic hydroxyl groups is 1. The van der Waals surface area contributed by atoms with E-state index in [2.05, 4.69) is 29.1 Å².